The summed E-state index contributed by atoms with van der Waals surface area (Å²) in [6, 6.07) is 15.5. The summed E-state index contributed by atoms with van der Waals surface area (Å²) in [6.07, 6.45) is 0. The molecule has 0 radical (unpaired) electrons. The SMILES string of the molecule is O=C(O)c1cc(Br)ccc1[I+]c1ccccc1. The molecule has 2 aromatic rings. The van der Waals surface area contributed by atoms with Crippen molar-refractivity contribution in [3.63, 3.8) is 0 Å². The summed E-state index contributed by atoms with van der Waals surface area (Å²) in [5.41, 5.74) is 0.399. The predicted molar refractivity (Wildman–Crippen MR) is 64.9 cm³/mol. The number of hydrogen-bond donors (Lipinski definition) is 1. The average molecular weight is 404 g/mol. The molecule has 0 saturated heterocycles. The van der Waals surface area contributed by atoms with Crippen molar-refractivity contribution < 1.29 is 31.1 Å². The van der Waals surface area contributed by atoms with Crippen LogP contribution in [0.3, 0.4) is 0 Å². The molecular formula is C13H9BrIO2+. The minimum absolute atomic E-state index is 0.399. The van der Waals surface area contributed by atoms with Crippen LogP contribution in [-0.4, -0.2) is 11.1 Å². The maximum absolute atomic E-state index is 11.2. The van der Waals surface area contributed by atoms with Crippen molar-refractivity contribution in [2.75, 3.05) is 0 Å². The van der Waals surface area contributed by atoms with E-state index in [4.69, 9.17) is 5.11 Å². The van der Waals surface area contributed by atoms with Crippen LogP contribution in [0.1, 0.15) is 10.4 Å². The van der Waals surface area contributed by atoms with Crippen molar-refractivity contribution in [2.45, 2.75) is 0 Å². The number of hydrogen-bond acceptors (Lipinski definition) is 1. The average Bonchev–Trinajstić information content (AvgIpc) is 2.32. The summed E-state index contributed by atoms with van der Waals surface area (Å²) in [7, 11) is 0. The van der Waals surface area contributed by atoms with Crippen molar-refractivity contribution >= 4 is 21.9 Å². The van der Waals surface area contributed by atoms with E-state index in [1.807, 2.05) is 42.5 Å². The topological polar surface area (TPSA) is 37.3 Å². The van der Waals surface area contributed by atoms with Crippen molar-refractivity contribution in [1.29, 1.82) is 0 Å². The second-order valence-corrected chi connectivity index (χ2v) is 7.18. The fourth-order valence-corrected chi connectivity index (χ4v) is 4.18. The van der Waals surface area contributed by atoms with E-state index in [0.717, 1.165) is 8.04 Å². The molecule has 0 unspecified atom stereocenters. The minimum atomic E-state index is -0.864. The van der Waals surface area contributed by atoms with Gasteiger partial charge in [-0.05, 0) is 30.3 Å². The van der Waals surface area contributed by atoms with E-state index < -0.39 is 27.2 Å². The number of rotatable bonds is 3. The quantitative estimate of drug-likeness (QED) is 0.747. The molecule has 0 aliphatic rings. The summed E-state index contributed by atoms with van der Waals surface area (Å²) in [4.78, 5) is 11.2. The predicted octanol–water partition coefficient (Wildman–Crippen LogP) is 0.276. The fraction of sp³-hybridized carbons (Fsp3) is 0. The summed E-state index contributed by atoms with van der Waals surface area (Å²) >= 11 is 2.86. The van der Waals surface area contributed by atoms with Crippen LogP contribution in [0.5, 0.6) is 0 Å². The van der Waals surface area contributed by atoms with E-state index in [0.29, 0.717) is 5.56 Å². The third-order valence-corrected chi connectivity index (χ3v) is 5.46. The van der Waals surface area contributed by atoms with E-state index in [1.54, 1.807) is 6.07 Å². The highest BCUT2D eigenvalue weighted by Gasteiger charge is 2.23. The molecule has 2 nitrogen and oxygen atoms in total. The first kappa shape index (κ1) is 12.6. The molecule has 1 N–H and O–H groups in total. The molecule has 0 aromatic heterocycles. The van der Waals surface area contributed by atoms with Crippen LogP contribution in [0, 0.1) is 7.14 Å². The van der Waals surface area contributed by atoms with E-state index in [1.165, 1.54) is 3.57 Å². The van der Waals surface area contributed by atoms with Crippen LogP contribution in [-0.2, 0) is 0 Å². The molecular weight excluding hydrogens is 395 g/mol. The van der Waals surface area contributed by atoms with Crippen LogP contribution in [0.15, 0.2) is 53.0 Å². The van der Waals surface area contributed by atoms with E-state index >= 15 is 0 Å². The fourth-order valence-electron chi connectivity index (χ4n) is 1.34. The van der Waals surface area contributed by atoms with Gasteiger partial charge in [0.05, 0.1) is 0 Å². The maximum atomic E-state index is 11.2. The van der Waals surface area contributed by atoms with Gasteiger partial charge in [0, 0.05) is 4.47 Å². The molecule has 17 heavy (non-hydrogen) atoms. The van der Waals surface area contributed by atoms with Crippen molar-refractivity contribution in [3.8, 4) is 0 Å². The Bertz CT molecular complexity index is 540. The molecule has 0 atom stereocenters. The molecule has 86 valence electrons. The lowest BCUT2D eigenvalue weighted by atomic mass is 10.2. The number of carboxylic acids is 1. The number of benzene rings is 2. The minimum Gasteiger partial charge on any atom is -0.478 e. The number of halogens is 2. The second-order valence-electron chi connectivity index (χ2n) is 3.32. The van der Waals surface area contributed by atoms with Gasteiger partial charge in [-0.3, -0.25) is 0 Å². The highest BCUT2D eigenvalue weighted by atomic mass is 127. The Morgan fingerprint density at radius 3 is 2.47 bits per heavy atom. The highest BCUT2D eigenvalue weighted by molar-refractivity contribution is 9.10. The van der Waals surface area contributed by atoms with E-state index in [-0.39, 0.29) is 0 Å². The Morgan fingerprint density at radius 2 is 1.82 bits per heavy atom. The molecule has 2 aromatic carbocycles. The first-order valence-corrected chi connectivity index (χ1v) is 7.84. The zero-order valence-corrected chi connectivity index (χ0v) is 12.5. The van der Waals surface area contributed by atoms with Gasteiger partial charge in [-0.25, -0.2) is 4.79 Å². The zero-order chi connectivity index (χ0) is 12.3. The van der Waals surface area contributed by atoms with Gasteiger partial charge in [-0.2, -0.15) is 0 Å². The molecule has 0 saturated carbocycles. The first-order chi connectivity index (χ1) is 8.16. The van der Waals surface area contributed by atoms with Crippen LogP contribution in [0.25, 0.3) is 0 Å². The normalized spacial score (nSPS) is 10.2. The lowest BCUT2D eigenvalue weighted by molar-refractivity contribution is -0.597. The van der Waals surface area contributed by atoms with Crippen LogP contribution >= 0.6 is 15.9 Å². The van der Waals surface area contributed by atoms with Crippen molar-refractivity contribution in [2.24, 2.45) is 0 Å². The molecule has 0 amide bonds. The Morgan fingerprint density at radius 1 is 1.12 bits per heavy atom. The van der Waals surface area contributed by atoms with Gasteiger partial charge in [0.1, 0.15) is 5.56 Å². The maximum Gasteiger partial charge on any atom is 0.358 e. The van der Waals surface area contributed by atoms with Gasteiger partial charge < -0.3 is 5.11 Å². The third kappa shape index (κ3) is 3.29. The summed E-state index contributed by atoms with van der Waals surface area (Å²) < 4.78 is 2.96. The van der Waals surface area contributed by atoms with Crippen molar-refractivity contribution in [3.05, 3.63) is 65.7 Å². The molecule has 0 fully saturated rings. The summed E-state index contributed by atoms with van der Waals surface area (Å²) in [5, 5.41) is 9.16. The Kier molecular flexibility index (Phi) is 4.17. The molecule has 0 bridgehead atoms. The molecule has 4 heteroatoms. The highest BCUT2D eigenvalue weighted by Crippen LogP contribution is 2.11. The van der Waals surface area contributed by atoms with Crippen LogP contribution in [0.2, 0.25) is 0 Å². The van der Waals surface area contributed by atoms with Gasteiger partial charge in [-0.15, -0.1) is 0 Å². The molecule has 2 rings (SSSR count). The monoisotopic (exact) mass is 403 g/mol. The van der Waals surface area contributed by atoms with Crippen LogP contribution < -0.4 is 21.2 Å². The smallest absolute Gasteiger partial charge is 0.358 e. The lowest BCUT2D eigenvalue weighted by Gasteiger charge is -1.96. The van der Waals surface area contributed by atoms with E-state index in [2.05, 4.69) is 15.9 Å². The lowest BCUT2D eigenvalue weighted by Crippen LogP contribution is -3.61. The Labute approximate surface area is 118 Å². The first-order valence-electron chi connectivity index (χ1n) is 4.89. The Balaban J connectivity index is 2.36. The number of carbonyl (C=O) groups is 1. The van der Waals surface area contributed by atoms with E-state index in [9.17, 15) is 4.79 Å². The Hall–Kier alpha value is -0.880. The molecule has 0 spiro atoms. The third-order valence-electron chi connectivity index (χ3n) is 2.10. The summed E-state index contributed by atoms with van der Waals surface area (Å²) in [5.74, 6) is -0.864. The molecule has 0 aliphatic heterocycles. The van der Waals surface area contributed by atoms with Crippen LogP contribution in [0.4, 0.5) is 0 Å². The number of carboxylic acid groups (broad SMARTS) is 1. The molecule has 0 aliphatic carbocycles. The van der Waals surface area contributed by atoms with Gasteiger partial charge in [0.25, 0.3) is 0 Å². The zero-order valence-electron chi connectivity index (χ0n) is 8.73. The van der Waals surface area contributed by atoms with Gasteiger partial charge in [0.2, 0.25) is 3.57 Å². The molecule has 0 heterocycles. The largest absolute Gasteiger partial charge is 0.478 e. The van der Waals surface area contributed by atoms with Crippen molar-refractivity contribution in [1.82, 2.24) is 0 Å². The van der Waals surface area contributed by atoms with Gasteiger partial charge >= 0.3 is 27.2 Å². The van der Waals surface area contributed by atoms with Gasteiger partial charge in [0.15, 0.2) is 3.57 Å². The number of aromatic carboxylic acids is 1. The second kappa shape index (κ2) is 5.64. The standard InChI is InChI=1S/C13H8BrIO2/c14-9-6-7-12(11(8-9)13(16)17)15-10-4-2-1-3-5-10/h1-8H/p+1. The summed E-state index contributed by atoms with van der Waals surface area (Å²) in [6.45, 7) is 0. The van der Waals surface area contributed by atoms with Gasteiger partial charge in [-0.1, -0.05) is 34.1 Å².